The lowest BCUT2D eigenvalue weighted by Gasteiger charge is -2.34. The number of anilines is 1. The van der Waals surface area contributed by atoms with Gasteiger partial charge in [0.05, 0.1) is 12.6 Å². The van der Waals surface area contributed by atoms with Gasteiger partial charge < -0.3 is 15.3 Å². The summed E-state index contributed by atoms with van der Waals surface area (Å²) in [6, 6.07) is 6.03. The number of nitrogens with one attached hydrogen (secondary N) is 1. The Hall–Kier alpha value is -0.520. The minimum Gasteiger partial charge on any atom is -0.394 e. The molecule has 4 nitrogen and oxygen atoms in total. The molecule has 0 amide bonds. The van der Waals surface area contributed by atoms with Gasteiger partial charge in [0.1, 0.15) is 0 Å². The maximum Gasteiger partial charge on any atom is 0.0629 e. The molecule has 2 rings (SSSR count). The van der Waals surface area contributed by atoms with Gasteiger partial charge in [0, 0.05) is 51.0 Å². The smallest absolute Gasteiger partial charge is 0.0629 e. The number of aliphatic hydroxyl groups excluding tert-OH is 1. The molecule has 0 saturated carbocycles. The van der Waals surface area contributed by atoms with Crippen LogP contribution in [0.15, 0.2) is 18.2 Å². The maximum atomic E-state index is 9.70. The van der Waals surface area contributed by atoms with Gasteiger partial charge in [0.15, 0.2) is 0 Å². The zero-order valence-electron chi connectivity index (χ0n) is 12.0. The van der Waals surface area contributed by atoms with Gasteiger partial charge in [0.2, 0.25) is 0 Å². The molecule has 1 saturated heterocycles. The van der Waals surface area contributed by atoms with Gasteiger partial charge in [-0.2, -0.15) is 0 Å². The van der Waals surface area contributed by atoms with Crippen molar-refractivity contribution in [3.63, 3.8) is 0 Å². The van der Waals surface area contributed by atoms with Gasteiger partial charge in [0.25, 0.3) is 0 Å². The van der Waals surface area contributed by atoms with Crippen LogP contribution in [0.4, 0.5) is 5.69 Å². The van der Waals surface area contributed by atoms with E-state index in [2.05, 4.69) is 10.2 Å². The summed E-state index contributed by atoms with van der Waals surface area (Å²) < 4.78 is 0. The first-order chi connectivity index (χ1) is 9.13. The number of halogens is 2. The maximum absolute atomic E-state index is 9.70. The van der Waals surface area contributed by atoms with Crippen molar-refractivity contribution in [1.82, 2.24) is 10.2 Å². The van der Waals surface area contributed by atoms with Crippen LogP contribution in [0.2, 0.25) is 5.02 Å². The highest BCUT2D eigenvalue weighted by molar-refractivity contribution is 6.31. The first kappa shape index (κ1) is 17.5. The average molecular weight is 320 g/mol. The number of nitrogens with zero attached hydrogens (tertiary/aromatic N) is 2. The molecule has 1 aromatic rings. The Balaban J connectivity index is 0.00000200. The number of aliphatic hydroxyl groups is 1. The van der Waals surface area contributed by atoms with Crippen molar-refractivity contribution in [2.45, 2.75) is 6.04 Å². The Morgan fingerprint density at radius 2 is 2.00 bits per heavy atom. The number of hydrogen-bond donors (Lipinski definition) is 2. The highest BCUT2D eigenvalue weighted by Crippen LogP contribution is 2.30. The standard InChI is InChI=1S/C14H22ClN3O.ClH/c1-17(2)11-3-4-12(13(15)9-11)14(10-19)18-7-5-16-6-8-18;/h3-4,9,14,16,19H,5-8,10H2,1-2H3;1H/t14-;/m0./s1. The number of rotatable bonds is 4. The molecule has 0 aromatic heterocycles. The molecule has 114 valence electrons. The van der Waals surface area contributed by atoms with Crippen LogP contribution in [0.5, 0.6) is 0 Å². The molecule has 0 bridgehead atoms. The van der Waals surface area contributed by atoms with E-state index in [0.29, 0.717) is 0 Å². The van der Waals surface area contributed by atoms with Gasteiger partial charge >= 0.3 is 0 Å². The SMILES string of the molecule is CN(C)c1ccc([C@H](CO)N2CCNCC2)c(Cl)c1.Cl. The minimum atomic E-state index is -0.00851. The van der Waals surface area contributed by atoms with Crippen molar-refractivity contribution >= 4 is 29.7 Å². The van der Waals surface area contributed by atoms with Crippen molar-refractivity contribution < 1.29 is 5.11 Å². The minimum absolute atomic E-state index is 0. The molecular formula is C14H23Cl2N3O. The second-order valence-corrected chi connectivity index (χ2v) is 5.49. The normalized spacial score (nSPS) is 17.4. The van der Waals surface area contributed by atoms with Crippen molar-refractivity contribution in [2.24, 2.45) is 0 Å². The van der Waals surface area contributed by atoms with Gasteiger partial charge in [-0.05, 0) is 17.7 Å². The second kappa shape index (κ2) is 8.05. The molecule has 0 unspecified atom stereocenters. The van der Waals surface area contributed by atoms with E-state index in [-0.39, 0.29) is 25.1 Å². The molecule has 0 radical (unpaired) electrons. The van der Waals surface area contributed by atoms with E-state index in [1.165, 1.54) is 0 Å². The van der Waals surface area contributed by atoms with Crippen molar-refractivity contribution in [3.8, 4) is 0 Å². The predicted molar refractivity (Wildman–Crippen MR) is 87.3 cm³/mol. The Morgan fingerprint density at radius 3 is 2.50 bits per heavy atom. The summed E-state index contributed by atoms with van der Waals surface area (Å²) in [5.74, 6) is 0. The first-order valence-electron chi connectivity index (χ1n) is 6.66. The molecule has 1 heterocycles. The Labute approximate surface area is 132 Å². The molecule has 1 aliphatic heterocycles. The van der Waals surface area contributed by atoms with Crippen LogP contribution in [0.3, 0.4) is 0 Å². The average Bonchev–Trinajstić information content (AvgIpc) is 2.42. The summed E-state index contributed by atoms with van der Waals surface area (Å²) in [4.78, 5) is 4.31. The third-order valence-electron chi connectivity index (χ3n) is 3.62. The van der Waals surface area contributed by atoms with Crippen LogP contribution in [-0.2, 0) is 0 Å². The van der Waals surface area contributed by atoms with E-state index in [1.54, 1.807) is 0 Å². The zero-order chi connectivity index (χ0) is 13.8. The molecule has 1 aliphatic rings. The third kappa shape index (κ3) is 3.99. The summed E-state index contributed by atoms with van der Waals surface area (Å²) in [5, 5.41) is 13.8. The Kier molecular flexibility index (Phi) is 7.06. The van der Waals surface area contributed by atoms with Crippen molar-refractivity contribution in [1.29, 1.82) is 0 Å². The van der Waals surface area contributed by atoms with E-state index < -0.39 is 0 Å². The fourth-order valence-electron chi connectivity index (χ4n) is 2.47. The number of hydrogen-bond acceptors (Lipinski definition) is 4. The molecule has 1 aromatic carbocycles. The highest BCUT2D eigenvalue weighted by atomic mass is 35.5. The molecule has 6 heteroatoms. The topological polar surface area (TPSA) is 38.7 Å². The monoisotopic (exact) mass is 319 g/mol. The summed E-state index contributed by atoms with van der Waals surface area (Å²) in [7, 11) is 3.98. The van der Waals surface area contributed by atoms with E-state index in [9.17, 15) is 5.11 Å². The molecule has 2 N–H and O–H groups in total. The van der Waals surface area contributed by atoms with Crippen LogP contribution >= 0.6 is 24.0 Å². The first-order valence-corrected chi connectivity index (χ1v) is 7.03. The van der Waals surface area contributed by atoms with Gasteiger partial charge in [-0.15, -0.1) is 12.4 Å². The van der Waals surface area contributed by atoms with Crippen molar-refractivity contribution in [3.05, 3.63) is 28.8 Å². The molecule has 0 aliphatic carbocycles. The fraction of sp³-hybridized carbons (Fsp3) is 0.571. The lowest BCUT2D eigenvalue weighted by Crippen LogP contribution is -2.46. The van der Waals surface area contributed by atoms with Gasteiger partial charge in [-0.1, -0.05) is 17.7 Å². The van der Waals surface area contributed by atoms with E-state index >= 15 is 0 Å². The van der Waals surface area contributed by atoms with Crippen molar-refractivity contribution in [2.75, 3.05) is 51.8 Å². The highest BCUT2D eigenvalue weighted by Gasteiger charge is 2.23. The molecule has 0 spiro atoms. The van der Waals surface area contributed by atoms with E-state index in [1.807, 2.05) is 37.2 Å². The lowest BCUT2D eigenvalue weighted by molar-refractivity contribution is 0.111. The Bertz CT molecular complexity index is 423. The Morgan fingerprint density at radius 1 is 1.35 bits per heavy atom. The van der Waals surface area contributed by atoms with Crippen LogP contribution in [0, 0.1) is 0 Å². The van der Waals surface area contributed by atoms with Crippen LogP contribution < -0.4 is 10.2 Å². The quantitative estimate of drug-likeness (QED) is 0.887. The summed E-state index contributed by atoms with van der Waals surface area (Å²) in [5.41, 5.74) is 2.09. The van der Waals surface area contributed by atoms with Crippen LogP contribution in [0.1, 0.15) is 11.6 Å². The summed E-state index contributed by atoms with van der Waals surface area (Å²) in [6.07, 6.45) is 0. The third-order valence-corrected chi connectivity index (χ3v) is 3.95. The van der Waals surface area contributed by atoms with Crippen LogP contribution in [0.25, 0.3) is 0 Å². The largest absolute Gasteiger partial charge is 0.394 e. The molecular weight excluding hydrogens is 297 g/mol. The van der Waals surface area contributed by atoms with Crippen LogP contribution in [-0.4, -0.2) is 56.9 Å². The summed E-state index contributed by atoms with van der Waals surface area (Å²) >= 11 is 6.39. The predicted octanol–water partition coefficient (Wildman–Crippen LogP) is 1.77. The number of piperazine rings is 1. The lowest BCUT2D eigenvalue weighted by atomic mass is 10.0. The number of benzene rings is 1. The van der Waals surface area contributed by atoms with E-state index in [4.69, 9.17) is 11.6 Å². The zero-order valence-corrected chi connectivity index (χ0v) is 13.5. The fourth-order valence-corrected chi connectivity index (χ4v) is 2.77. The summed E-state index contributed by atoms with van der Waals surface area (Å²) in [6.45, 7) is 3.91. The van der Waals surface area contributed by atoms with Gasteiger partial charge in [-0.3, -0.25) is 4.90 Å². The molecule has 1 fully saturated rings. The molecule has 20 heavy (non-hydrogen) atoms. The second-order valence-electron chi connectivity index (χ2n) is 5.08. The van der Waals surface area contributed by atoms with E-state index in [0.717, 1.165) is 42.5 Å². The molecule has 1 atom stereocenters. The van der Waals surface area contributed by atoms with Gasteiger partial charge in [-0.25, -0.2) is 0 Å².